The van der Waals surface area contributed by atoms with Crippen LogP contribution in [0.3, 0.4) is 0 Å². The molecule has 244 valence electrons. The van der Waals surface area contributed by atoms with Crippen molar-refractivity contribution in [1.29, 1.82) is 0 Å². The summed E-state index contributed by atoms with van der Waals surface area (Å²) in [4.78, 5) is 62.1. The number of aromatic nitrogens is 2. The number of para-hydroxylation sites is 1. The minimum atomic E-state index is -1.95. The Labute approximate surface area is 279 Å². The zero-order valence-corrected chi connectivity index (χ0v) is 26.8. The molecule has 3 unspecified atom stereocenters. The molecule has 0 aliphatic carbocycles. The number of carbonyl (C=O) groups is 4. The number of nitrogen functional groups attached to an aromatic ring is 1. The van der Waals surface area contributed by atoms with Gasteiger partial charge in [0, 0.05) is 28.2 Å². The van der Waals surface area contributed by atoms with E-state index < -0.39 is 58.5 Å². The Hall–Kier alpha value is -5.07. The number of nitrogens with two attached hydrogens (primary N) is 1. The number of thioether (sulfide) groups is 2. The number of hydrogen-bond donors (Lipinski definition) is 5. The van der Waals surface area contributed by atoms with E-state index >= 15 is 0 Å². The molecule has 3 aromatic rings. The lowest BCUT2D eigenvalue weighted by molar-refractivity contribution is -0.687. The summed E-state index contributed by atoms with van der Waals surface area (Å²) in [5, 5.41) is 48.6. The first-order valence-corrected chi connectivity index (χ1v) is 16.7. The van der Waals surface area contributed by atoms with Crippen LogP contribution in [0.1, 0.15) is 17.4 Å². The number of thiazole rings is 1. The lowest BCUT2D eigenvalue weighted by Crippen LogP contribution is -2.71. The van der Waals surface area contributed by atoms with Crippen molar-refractivity contribution in [2.24, 2.45) is 5.16 Å². The molecule has 1 saturated heterocycles. The van der Waals surface area contributed by atoms with E-state index in [4.69, 9.17) is 10.6 Å². The molecule has 1 fully saturated rings. The molecular weight excluding hydrogens is 673 g/mol. The van der Waals surface area contributed by atoms with Crippen LogP contribution in [-0.4, -0.2) is 78.1 Å². The summed E-state index contributed by atoms with van der Waals surface area (Å²) >= 11 is 3.79. The molecule has 2 aromatic heterocycles. The number of carbonyl (C=O) groups excluding carboxylic acids is 3. The molecule has 2 amide bonds. The van der Waals surface area contributed by atoms with Gasteiger partial charge in [0.25, 0.3) is 17.9 Å². The number of nitrogens with one attached hydrogen (secondary N) is 1. The Kier molecular flexibility index (Phi) is 10.0. The molecule has 47 heavy (non-hydrogen) atoms. The number of nitrogens with zero attached hydrogens (tertiary/aromatic N) is 4. The van der Waals surface area contributed by atoms with Crippen LogP contribution in [0, 0.1) is 0 Å². The molecule has 0 spiro atoms. The molecule has 18 heteroatoms. The minimum Gasteiger partial charge on any atom is -0.543 e. The molecule has 3 atom stereocenters. The van der Waals surface area contributed by atoms with E-state index in [-0.39, 0.29) is 27.8 Å². The number of phenols is 2. The highest BCUT2D eigenvalue weighted by molar-refractivity contribution is 8.00. The van der Waals surface area contributed by atoms with Crippen LogP contribution >= 0.6 is 34.9 Å². The molecule has 5 rings (SSSR count). The van der Waals surface area contributed by atoms with Crippen LogP contribution < -0.4 is 20.7 Å². The summed E-state index contributed by atoms with van der Waals surface area (Å²) in [6.45, 7) is 0.457. The van der Waals surface area contributed by atoms with Gasteiger partial charge in [-0.1, -0.05) is 23.4 Å². The van der Waals surface area contributed by atoms with Gasteiger partial charge in [-0.2, -0.15) is 0 Å². The number of β-lactam (4-membered cyclic amide) rings is 1. The number of phenolic OH excluding ortho intramolecular Hbond substituents is 2. The number of rotatable bonds is 12. The van der Waals surface area contributed by atoms with Crippen LogP contribution in [0.25, 0.3) is 0 Å². The monoisotopic (exact) mass is 698 g/mol. The fourth-order valence-corrected chi connectivity index (χ4v) is 6.95. The van der Waals surface area contributed by atoms with E-state index in [0.29, 0.717) is 12.1 Å². The van der Waals surface area contributed by atoms with Crippen molar-refractivity contribution in [3.05, 3.63) is 82.8 Å². The molecular formula is C29H26N6O9S3. The third kappa shape index (κ3) is 7.03. The average Bonchev–Trinajstić information content (AvgIpc) is 3.48. The van der Waals surface area contributed by atoms with Crippen molar-refractivity contribution < 1.29 is 49.0 Å². The van der Waals surface area contributed by atoms with Crippen molar-refractivity contribution in [3.8, 4) is 11.5 Å². The Bertz CT molecular complexity index is 1830. The molecule has 0 saturated carbocycles. The van der Waals surface area contributed by atoms with Crippen LogP contribution in [0.2, 0.25) is 0 Å². The SMILES string of the molecule is CSc1cc[n+](CC=CC2=C(C(=O)[O-])N3C(=O)C(NC(=O)C(=NOC(C(=O)O)c4cccc(O)c4O)c4csc(N)n4)C3SC2)cc1. The Morgan fingerprint density at radius 2 is 2.04 bits per heavy atom. The van der Waals surface area contributed by atoms with Gasteiger partial charge in [-0.3, -0.25) is 14.5 Å². The van der Waals surface area contributed by atoms with Crippen molar-refractivity contribution in [3.63, 3.8) is 0 Å². The molecule has 0 radical (unpaired) electrons. The van der Waals surface area contributed by atoms with Gasteiger partial charge in [0.05, 0.1) is 17.2 Å². The van der Waals surface area contributed by atoms with Gasteiger partial charge in [-0.25, -0.2) is 14.3 Å². The Balaban J connectivity index is 1.34. The van der Waals surface area contributed by atoms with E-state index in [1.807, 2.05) is 35.3 Å². The van der Waals surface area contributed by atoms with Gasteiger partial charge >= 0.3 is 5.97 Å². The molecule has 0 bridgehead atoms. The Morgan fingerprint density at radius 3 is 2.68 bits per heavy atom. The summed E-state index contributed by atoms with van der Waals surface area (Å²) in [6, 6.07) is 6.32. The van der Waals surface area contributed by atoms with E-state index in [2.05, 4.69) is 15.5 Å². The normalized spacial score (nSPS) is 18.4. The second-order valence-electron chi connectivity index (χ2n) is 9.91. The van der Waals surface area contributed by atoms with Crippen LogP contribution in [-0.2, 0) is 30.6 Å². The Morgan fingerprint density at radius 1 is 1.30 bits per heavy atom. The molecule has 15 nitrogen and oxygen atoms in total. The first-order valence-electron chi connectivity index (χ1n) is 13.6. The van der Waals surface area contributed by atoms with Gasteiger partial charge in [0.1, 0.15) is 17.1 Å². The maximum atomic E-state index is 13.4. The highest BCUT2D eigenvalue weighted by atomic mass is 32.2. The van der Waals surface area contributed by atoms with Crippen molar-refractivity contribution in [1.82, 2.24) is 15.2 Å². The lowest BCUT2D eigenvalue weighted by Gasteiger charge is -2.50. The van der Waals surface area contributed by atoms with Gasteiger partial charge in [-0.05, 0) is 24.0 Å². The number of amides is 2. The number of hydrogen-bond acceptors (Lipinski definition) is 14. The number of anilines is 1. The maximum Gasteiger partial charge on any atom is 0.352 e. The number of aromatic hydroxyl groups is 2. The van der Waals surface area contributed by atoms with Gasteiger partial charge < -0.3 is 41.1 Å². The third-order valence-corrected chi connectivity index (χ3v) is 9.71. The number of fused-ring (bicyclic) bond motifs is 1. The maximum absolute atomic E-state index is 13.4. The van der Waals surface area contributed by atoms with E-state index in [1.165, 1.54) is 29.3 Å². The summed E-state index contributed by atoms with van der Waals surface area (Å²) in [5.41, 5.74) is 4.80. The smallest absolute Gasteiger partial charge is 0.352 e. The standard InChI is InChI=1S/C29H26N6O9S3/c1-45-15-7-10-34(11-8-15)9-3-4-14-12-46-26-20(25(39)35(26)21(14)27(40)41)32-24(38)19(17-13-47-29(30)31-17)33-44-23(28(42)43)16-5-2-6-18(36)22(16)37/h2-8,10-11,13,20,23,26H,9,12H2,1H3,(H6-,30,31,32,33,36,37,38,40,41,42,43). The summed E-state index contributed by atoms with van der Waals surface area (Å²) in [6.07, 6.45) is 7.19. The number of benzene rings is 1. The highest BCUT2D eigenvalue weighted by Crippen LogP contribution is 2.40. The summed E-state index contributed by atoms with van der Waals surface area (Å²) in [5.74, 6) is -6.02. The third-order valence-electron chi connectivity index (χ3n) is 6.99. The second kappa shape index (κ2) is 14.1. The minimum absolute atomic E-state index is 0.0503. The highest BCUT2D eigenvalue weighted by Gasteiger charge is 2.53. The molecule has 6 N–H and O–H groups in total. The van der Waals surface area contributed by atoms with Crippen molar-refractivity contribution >= 4 is 69.5 Å². The molecule has 4 heterocycles. The van der Waals surface area contributed by atoms with Gasteiger partial charge in [-0.15, -0.1) is 34.9 Å². The zero-order chi connectivity index (χ0) is 33.8. The molecule has 2 aliphatic heterocycles. The van der Waals surface area contributed by atoms with E-state index in [9.17, 15) is 39.6 Å². The van der Waals surface area contributed by atoms with Gasteiger partial charge in [0.2, 0.25) is 0 Å². The predicted octanol–water partition coefficient (Wildman–Crippen LogP) is 0.353. The summed E-state index contributed by atoms with van der Waals surface area (Å²) < 4.78 is 1.90. The fourth-order valence-electron chi connectivity index (χ4n) is 4.69. The zero-order valence-electron chi connectivity index (χ0n) is 24.3. The number of pyridine rings is 1. The number of carboxylic acids is 2. The predicted molar refractivity (Wildman–Crippen MR) is 169 cm³/mol. The van der Waals surface area contributed by atoms with Crippen LogP contribution in [0.5, 0.6) is 11.5 Å². The summed E-state index contributed by atoms with van der Waals surface area (Å²) in [7, 11) is 0. The van der Waals surface area contributed by atoms with Crippen molar-refractivity contribution in [2.75, 3.05) is 17.7 Å². The number of allylic oxidation sites excluding steroid dienone is 2. The van der Waals surface area contributed by atoms with E-state index in [1.54, 1.807) is 23.9 Å². The fraction of sp³-hybridized carbons (Fsp3) is 0.207. The molecule has 1 aromatic carbocycles. The van der Waals surface area contributed by atoms with Gasteiger partial charge in [0.15, 0.2) is 41.3 Å². The first-order chi connectivity index (χ1) is 22.5. The quantitative estimate of drug-likeness (QED) is 0.0430. The topological polar surface area (TPSA) is 232 Å². The van der Waals surface area contributed by atoms with Crippen LogP contribution in [0.15, 0.2) is 81.6 Å². The first kappa shape index (κ1) is 33.3. The largest absolute Gasteiger partial charge is 0.543 e. The second-order valence-corrected chi connectivity index (χ2v) is 12.8. The average molecular weight is 699 g/mol. The number of carboxylic acid groups (broad SMARTS) is 2. The van der Waals surface area contributed by atoms with Crippen LogP contribution in [0.4, 0.5) is 5.13 Å². The lowest BCUT2D eigenvalue weighted by atomic mass is 10.0. The molecule has 2 aliphatic rings. The number of aliphatic carboxylic acids is 2. The van der Waals surface area contributed by atoms with E-state index in [0.717, 1.165) is 27.2 Å². The van der Waals surface area contributed by atoms with Crippen molar-refractivity contribution in [2.45, 2.75) is 29.0 Å². The number of oxime groups is 1.